The van der Waals surface area contributed by atoms with Crippen molar-refractivity contribution in [3.63, 3.8) is 0 Å². The summed E-state index contributed by atoms with van der Waals surface area (Å²) in [6.07, 6.45) is 5.03. The van der Waals surface area contributed by atoms with E-state index in [4.69, 9.17) is 5.73 Å². The number of aromatic amines is 1. The van der Waals surface area contributed by atoms with E-state index in [-0.39, 0.29) is 11.9 Å². The van der Waals surface area contributed by atoms with Crippen molar-refractivity contribution < 1.29 is 4.79 Å². The molecular weight excluding hydrogens is 206 g/mol. The largest absolute Gasteiger partial charge is 0.368 e. The second-order valence-electron chi connectivity index (χ2n) is 3.27. The highest BCUT2D eigenvalue weighted by molar-refractivity contribution is 5.92. The lowest BCUT2D eigenvalue weighted by molar-refractivity contribution is -0.114. The molecule has 0 unspecified atom stereocenters. The number of hydrogen-bond acceptors (Lipinski definition) is 4. The zero-order valence-corrected chi connectivity index (χ0v) is 8.69. The molecule has 2 rings (SSSR count). The number of carbonyl (C=O) groups excluding carboxylic acids is 1. The zero-order valence-electron chi connectivity index (χ0n) is 8.69. The predicted octanol–water partition coefficient (Wildman–Crippen LogP) is 1.01. The molecule has 82 valence electrons. The summed E-state index contributed by atoms with van der Waals surface area (Å²) < 4.78 is 0. The molecule has 0 radical (unpaired) electrons. The van der Waals surface area contributed by atoms with Crippen molar-refractivity contribution in [2.75, 3.05) is 11.1 Å². The Balaban J connectivity index is 2.48. The number of amides is 1. The van der Waals surface area contributed by atoms with E-state index in [2.05, 4.69) is 20.3 Å². The molecule has 1 amide bonds. The summed E-state index contributed by atoms with van der Waals surface area (Å²) in [7, 11) is 0. The Bertz CT molecular complexity index is 506. The Hall–Kier alpha value is -2.37. The number of H-pyrrole nitrogens is 1. The SMILES string of the molecule is CC(=O)Nc1cnc(N)nc1-c1cc[nH]c1. The maximum atomic E-state index is 11.0. The van der Waals surface area contributed by atoms with E-state index in [9.17, 15) is 4.79 Å². The summed E-state index contributed by atoms with van der Waals surface area (Å²) in [6.45, 7) is 1.43. The van der Waals surface area contributed by atoms with Gasteiger partial charge in [-0.15, -0.1) is 0 Å². The number of nitrogens with two attached hydrogens (primary N) is 1. The van der Waals surface area contributed by atoms with Crippen LogP contribution in [0.2, 0.25) is 0 Å². The molecule has 6 nitrogen and oxygen atoms in total. The number of nitrogens with zero attached hydrogens (tertiary/aromatic N) is 2. The lowest BCUT2D eigenvalue weighted by Crippen LogP contribution is -2.09. The highest BCUT2D eigenvalue weighted by atomic mass is 16.1. The first-order chi connectivity index (χ1) is 7.66. The monoisotopic (exact) mass is 217 g/mol. The van der Waals surface area contributed by atoms with Crippen LogP contribution in [0.15, 0.2) is 24.7 Å². The van der Waals surface area contributed by atoms with Crippen molar-refractivity contribution in [2.45, 2.75) is 6.92 Å². The average Bonchev–Trinajstić information content (AvgIpc) is 2.73. The maximum Gasteiger partial charge on any atom is 0.221 e. The third kappa shape index (κ3) is 2.00. The highest BCUT2D eigenvalue weighted by Crippen LogP contribution is 2.25. The Kier molecular flexibility index (Phi) is 2.55. The molecule has 0 saturated carbocycles. The first kappa shape index (κ1) is 10.2. The van der Waals surface area contributed by atoms with Gasteiger partial charge in [-0.05, 0) is 6.07 Å². The lowest BCUT2D eigenvalue weighted by atomic mass is 10.2. The van der Waals surface area contributed by atoms with Crippen LogP contribution in [0.5, 0.6) is 0 Å². The number of hydrogen-bond donors (Lipinski definition) is 3. The van der Waals surface area contributed by atoms with Gasteiger partial charge in [-0.1, -0.05) is 0 Å². The molecule has 4 N–H and O–H groups in total. The molecule has 0 bridgehead atoms. The summed E-state index contributed by atoms with van der Waals surface area (Å²) in [5.41, 5.74) is 7.51. The number of rotatable bonds is 2. The standard InChI is InChI=1S/C10H11N5O/c1-6(16)14-8-5-13-10(11)15-9(8)7-2-3-12-4-7/h2-5,12H,1H3,(H,14,16)(H2,11,13,15). The highest BCUT2D eigenvalue weighted by Gasteiger charge is 2.09. The minimum absolute atomic E-state index is 0.172. The van der Waals surface area contributed by atoms with Crippen LogP contribution in [0, 0.1) is 0 Å². The third-order valence-electron chi connectivity index (χ3n) is 1.99. The zero-order chi connectivity index (χ0) is 11.5. The molecule has 2 aromatic heterocycles. The molecule has 16 heavy (non-hydrogen) atoms. The number of aromatic nitrogens is 3. The van der Waals surface area contributed by atoms with Gasteiger partial charge in [-0.3, -0.25) is 4.79 Å². The van der Waals surface area contributed by atoms with Gasteiger partial charge in [0.05, 0.1) is 11.9 Å². The fourth-order valence-electron chi connectivity index (χ4n) is 1.37. The van der Waals surface area contributed by atoms with Gasteiger partial charge in [0.1, 0.15) is 5.69 Å². The van der Waals surface area contributed by atoms with Crippen LogP contribution in [0.25, 0.3) is 11.3 Å². The van der Waals surface area contributed by atoms with Crippen molar-refractivity contribution in [3.8, 4) is 11.3 Å². The number of carbonyl (C=O) groups is 1. The van der Waals surface area contributed by atoms with Gasteiger partial charge in [0, 0.05) is 24.9 Å². The molecule has 0 aliphatic carbocycles. The van der Waals surface area contributed by atoms with Crippen molar-refractivity contribution in [1.29, 1.82) is 0 Å². The fourth-order valence-corrected chi connectivity index (χ4v) is 1.37. The molecule has 0 saturated heterocycles. The van der Waals surface area contributed by atoms with Crippen LogP contribution in [-0.4, -0.2) is 20.9 Å². The Morgan fingerprint density at radius 1 is 1.56 bits per heavy atom. The van der Waals surface area contributed by atoms with Crippen molar-refractivity contribution in [1.82, 2.24) is 15.0 Å². The van der Waals surface area contributed by atoms with Crippen molar-refractivity contribution in [3.05, 3.63) is 24.7 Å². The molecule has 0 aliphatic rings. The summed E-state index contributed by atoms with van der Waals surface area (Å²) >= 11 is 0. The smallest absolute Gasteiger partial charge is 0.221 e. The molecule has 0 atom stereocenters. The van der Waals surface area contributed by atoms with Crippen LogP contribution in [0.1, 0.15) is 6.92 Å². The Labute approximate surface area is 91.9 Å². The van der Waals surface area contributed by atoms with Crippen molar-refractivity contribution >= 4 is 17.5 Å². The minimum Gasteiger partial charge on any atom is -0.368 e. The summed E-state index contributed by atoms with van der Waals surface area (Å²) in [5, 5.41) is 2.66. The van der Waals surface area contributed by atoms with Crippen LogP contribution in [0.3, 0.4) is 0 Å². The Morgan fingerprint density at radius 2 is 2.38 bits per heavy atom. The number of nitrogens with one attached hydrogen (secondary N) is 2. The quantitative estimate of drug-likeness (QED) is 0.699. The second-order valence-corrected chi connectivity index (χ2v) is 3.27. The Morgan fingerprint density at radius 3 is 3.00 bits per heavy atom. The van der Waals surface area contributed by atoms with E-state index < -0.39 is 0 Å². The molecule has 0 spiro atoms. The topological polar surface area (TPSA) is 96.7 Å². The molecule has 2 aromatic rings. The van der Waals surface area contributed by atoms with E-state index in [1.807, 2.05) is 6.07 Å². The van der Waals surface area contributed by atoms with Crippen LogP contribution >= 0.6 is 0 Å². The molecule has 0 aliphatic heterocycles. The van der Waals surface area contributed by atoms with E-state index in [0.29, 0.717) is 11.4 Å². The number of anilines is 2. The molecular formula is C10H11N5O. The van der Waals surface area contributed by atoms with E-state index in [1.54, 1.807) is 12.4 Å². The molecule has 0 fully saturated rings. The normalized spacial score (nSPS) is 10.1. The molecule has 0 aromatic carbocycles. The predicted molar refractivity (Wildman–Crippen MR) is 60.5 cm³/mol. The van der Waals surface area contributed by atoms with Gasteiger partial charge in [0.2, 0.25) is 11.9 Å². The summed E-state index contributed by atoms with van der Waals surface area (Å²) in [6, 6.07) is 1.84. The van der Waals surface area contributed by atoms with E-state index in [0.717, 1.165) is 5.56 Å². The number of nitrogen functional groups attached to an aromatic ring is 1. The minimum atomic E-state index is -0.176. The van der Waals surface area contributed by atoms with Crippen LogP contribution in [-0.2, 0) is 4.79 Å². The van der Waals surface area contributed by atoms with Gasteiger partial charge in [-0.25, -0.2) is 9.97 Å². The maximum absolute atomic E-state index is 11.0. The summed E-state index contributed by atoms with van der Waals surface area (Å²) in [4.78, 5) is 21.9. The van der Waals surface area contributed by atoms with Crippen LogP contribution < -0.4 is 11.1 Å². The van der Waals surface area contributed by atoms with E-state index >= 15 is 0 Å². The molecule has 6 heteroatoms. The second kappa shape index (κ2) is 4.01. The van der Waals surface area contributed by atoms with Gasteiger partial charge in [-0.2, -0.15) is 0 Å². The van der Waals surface area contributed by atoms with Gasteiger partial charge >= 0.3 is 0 Å². The summed E-state index contributed by atoms with van der Waals surface area (Å²) in [5.74, 6) is -0.00420. The van der Waals surface area contributed by atoms with Gasteiger partial charge < -0.3 is 16.0 Å². The molecule has 2 heterocycles. The first-order valence-corrected chi connectivity index (χ1v) is 4.70. The van der Waals surface area contributed by atoms with Crippen molar-refractivity contribution in [2.24, 2.45) is 0 Å². The first-order valence-electron chi connectivity index (χ1n) is 4.70. The third-order valence-corrected chi connectivity index (χ3v) is 1.99. The van der Waals surface area contributed by atoms with E-state index in [1.165, 1.54) is 13.1 Å². The lowest BCUT2D eigenvalue weighted by Gasteiger charge is -2.07. The van der Waals surface area contributed by atoms with Gasteiger partial charge in [0.25, 0.3) is 0 Å². The average molecular weight is 217 g/mol. The van der Waals surface area contributed by atoms with Crippen LogP contribution in [0.4, 0.5) is 11.6 Å². The van der Waals surface area contributed by atoms with Gasteiger partial charge in [0.15, 0.2) is 0 Å². The fraction of sp³-hybridized carbons (Fsp3) is 0.100.